The molecule has 1 fully saturated rings. The van der Waals surface area contributed by atoms with Gasteiger partial charge in [0, 0.05) is 43.4 Å². The second-order valence-corrected chi connectivity index (χ2v) is 7.85. The zero-order valence-electron chi connectivity index (χ0n) is 19.2. The highest BCUT2D eigenvalue weighted by Gasteiger charge is 2.28. The van der Waals surface area contributed by atoms with Crippen LogP contribution >= 0.6 is 0 Å². The standard InChI is InChI=1S/C27H25N3O4/c1-33-20-11-12-24(25(17-20)34-2)27(32)30-15-13-29(14-16-30)26(31)23-10-6-5-9-22(23)21-8-4-3-7-19(21)18-28/h3-12,17H,13-16H2,1-2H3. The third-order valence-corrected chi connectivity index (χ3v) is 5.99. The van der Waals surface area contributed by atoms with E-state index in [9.17, 15) is 14.9 Å². The van der Waals surface area contributed by atoms with Gasteiger partial charge in [-0.25, -0.2) is 0 Å². The van der Waals surface area contributed by atoms with E-state index in [4.69, 9.17) is 9.47 Å². The zero-order valence-corrected chi connectivity index (χ0v) is 19.2. The van der Waals surface area contributed by atoms with Gasteiger partial charge in [-0.2, -0.15) is 5.26 Å². The van der Waals surface area contributed by atoms with Gasteiger partial charge in [0.05, 0.1) is 31.4 Å². The zero-order chi connectivity index (χ0) is 24.1. The van der Waals surface area contributed by atoms with Gasteiger partial charge in [0.15, 0.2) is 0 Å². The minimum Gasteiger partial charge on any atom is -0.497 e. The Morgan fingerprint density at radius 3 is 1.97 bits per heavy atom. The number of ether oxygens (including phenoxy) is 2. The van der Waals surface area contributed by atoms with Gasteiger partial charge in [-0.3, -0.25) is 9.59 Å². The lowest BCUT2D eigenvalue weighted by Crippen LogP contribution is -2.50. The molecule has 34 heavy (non-hydrogen) atoms. The van der Waals surface area contributed by atoms with Crippen molar-refractivity contribution in [2.24, 2.45) is 0 Å². The van der Waals surface area contributed by atoms with Crippen LogP contribution in [0.15, 0.2) is 66.7 Å². The van der Waals surface area contributed by atoms with Crippen molar-refractivity contribution in [3.8, 4) is 28.7 Å². The normalized spacial score (nSPS) is 13.2. The Morgan fingerprint density at radius 2 is 1.35 bits per heavy atom. The average Bonchev–Trinajstić information content (AvgIpc) is 2.91. The molecular formula is C27H25N3O4. The first-order valence-corrected chi connectivity index (χ1v) is 11.0. The van der Waals surface area contributed by atoms with E-state index in [-0.39, 0.29) is 11.8 Å². The maximum atomic E-state index is 13.4. The average molecular weight is 456 g/mol. The van der Waals surface area contributed by atoms with Gasteiger partial charge in [-0.05, 0) is 29.8 Å². The predicted octanol–water partition coefficient (Wildman–Crippen LogP) is 3.84. The van der Waals surface area contributed by atoms with Crippen molar-refractivity contribution in [1.82, 2.24) is 9.80 Å². The number of nitrogens with zero attached hydrogens (tertiary/aromatic N) is 3. The highest BCUT2D eigenvalue weighted by molar-refractivity contribution is 6.02. The Labute approximate surface area is 198 Å². The van der Waals surface area contributed by atoms with Crippen LogP contribution in [0.2, 0.25) is 0 Å². The third-order valence-electron chi connectivity index (χ3n) is 5.99. The van der Waals surface area contributed by atoms with Gasteiger partial charge in [-0.15, -0.1) is 0 Å². The van der Waals surface area contributed by atoms with Gasteiger partial charge in [-0.1, -0.05) is 36.4 Å². The van der Waals surface area contributed by atoms with E-state index in [0.717, 1.165) is 11.1 Å². The number of carbonyl (C=O) groups is 2. The molecule has 0 radical (unpaired) electrons. The summed E-state index contributed by atoms with van der Waals surface area (Å²) in [6, 6.07) is 21.9. The Balaban J connectivity index is 1.50. The molecule has 0 aromatic heterocycles. The van der Waals surface area contributed by atoms with E-state index < -0.39 is 0 Å². The quantitative estimate of drug-likeness (QED) is 0.584. The Bertz CT molecular complexity index is 1260. The molecule has 2 amide bonds. The summed E-state index contributed by atoms with van der Waals surface area (Å²) in [7, 11) is 3.08. The second-order valence-electron chi connectivity index (χ2n) is 7.85. The fourth-order valence-corrected chi connectivity index (χ4v) is 4.15. The van der Waals surface area contributed by atoms with Crippen molar-refractivity contribution >= 4 is 11.8 Å². The van der Waals surface area contributed by atoms with Gasteiger partial charge < -0.3 is 19.3 Å². The van der Waals surface area contributed by atoms with Crippen molar-refractivity contribution in [2.75, 3.05) is 40.4 Å². The first-order chi connectivity index (χ1) is 16.6. The number of benzene rings is 3. The molecular weight excluding hydrogens is 430 g/mol. The Kier molecular flexibility index (Phi) is 6.79. The van der Waals surface area contributed by atoms with Crippen LogP contribution < -0.4 is 9.47 Å². The molecule has 0 N–H and O–H groups in total. The summed E-state index contributed by atoms with van der Waals surface area (Å²) in [5.41, 5.74) is 2.98. The van der Waals surface area contributed by atoms with Crippen LogP contribution in [0.25, 0.3) is 11.1 Å². The van der Waals surface area contributed by atoms with Crippen LogP contribution in [0.3, 0.4) is 0 Å². The number of hydrogen-bond donors (Lipinski definition) is 0. The summed E-state index contributed by atoms with van der Waals surface area (Å²) >= 11 is 0. The lowest BCUT2D eigenvalue weighted by molar-refractivity contribution is 0.0534. The molecule has 4 rings (SSSR count). The molecule has 1 aliphatic rings. The van der Waals surface area contributed by atoms with E-state index in [1.54, 1.807) is 53.3 Å². The summed E-state index contributed by atoms with van der Waals surface area (Å²) in [4.78, 5) is 30.0. The Morgan fingerprint density at radius 1 is 0.765 bits per heavy atom. The minimum absolute atomic E-state index is 0.113. The number of amides is 2. The molecule has 3 aromatic rings. The van der Waals surface area contributed by atoms with E-state index in [1.165, 1.54) is 7.11 Å². The first-order valence-electron chi connectivity index (χ1n) is 11.0. The molecule has 1 heterocycles. The van der Waals surface area contributed by atoms with Gasteiger partial charge >= 0.3 is 0 Å². The number of hydrogen-bond acceptors (Lipinski definition) is 5. The van der Waals surface area contributed by atoms with Crippen LogP contribution in [0.1, 0.15) is 26.3 Å². The smallest absolute Gasteiger partial charge is 0.257 e. The molecule has 1 saturated heterocycles. The SMILES string of the molecule is COc1ccc(C(=O)N2CCN(C(=O)c3ccccc3-c3ccccc3C#N)CC2)c(OC)c1. The number of carbonyl (C=O) groups excluding carboxylic acids is 2. The molecule has 3 aromatic carbocycles. The third kappa shape index (κ3) is 4.44. The highest BCUT2D eigenvalue weighted by Crippen LogP contribution is 2.29. The number of piperazine rings is 1. The van der Waals surface area contributed by atoms with Crippen molar-refractivity contribution in [3.05, 3.63) is 83.4 Å². The van der Waals surface area contributed by atoms with E-state index in [2.05, 4.69) is 6.07 Å². The molecule has 0 saturated carbocycles. The molecule has 7 heteroatoms. The summed E-state index contributed by atoms with van der Waals surface area (Å²) < 4.78 is 10.6. The van der Waals surface area contributed by atoms with Crippen LogP contribution in [0, 0.1) is 11.3 Å². The lowest BCUT2D eigenvalue weighted by atomic mass is 9.95. The first kappa shape index (κ1) is 22.9. The molecule has 7 nitrogen and oxygen atoms in total. The van der Waals surface area contributed by atoms with Crippen molar-refractivity contribution in [3.63, 3.8) is 0 Å². The molecule has 0 unspecified atom stereocenters. The summed E-state index contributed by atoms with van der Waals surface area (Å²) in [5.74, 6) is 0.806. The van der Waals surface area contributed by atoms with E-state index in [0.29, 0.717) is 54.4 Å². The summed E-state index contributed by atoms with van der Waals surface area (Å²) in [6.45, 7) is 1.65. The van der Waals surface area contributed by atoms with Crippen molar-refractivity contribution < 1.29 is 19.1 Å². The number of rotatable bonds is 5. The second kappa shape index (κ2) is 10.1. The molecule has 0 bridgehead atoms. The Hall–Kier alpha value is -4.31. The maximum absolute atomic E-state index is 13.4. The number of nitriles is 1. The fourth-order valence-electron chi connectivity index (χ4n) is 4.15. The van der Waals surface area contributed by atoms with Crippen LogP contribution in [0.4, 0.5) is 0 Å². The topological polar surface area (TPSA) is 82.9 Å². The van der Waals surface area contributed by atoms with Gasteiger partial charge in [0.1, 0.15) is 11.5 Å². The lowest BCUT2D eigenvalue weighted by Gasteiger charge is -2.35. The van der Waals surface area contributed by atoms with Crippen LogP contribution in [0.5, 0.6) is 11.5 Å². The molecule has 172 valence electrons. The van der Waals surface area contributed by atoms with Crippen molar-refractivity contribution in [2.45, 2.75) is 0 Å². The number of methoxy groups -OCH3 is 2. The summed E-state index contributed by atoms with van der Waals surface area (Å²) in [5, 5.41) is 9.50. The van der Waals surface area contributed by atoms with Gasteiger partial charge in [0.25, 0.3) is 11.8 Å². The predicted molar refractivity (Wildman–Crippen MR) is 128 cm³/mol. The molecule has 0 atom stereocenters. The van der Waals surface area contributed by atoms with E-state index >= 15 is 0 Å². The van der Waals surface area contributed by atoms with E-state index in [1.807, 2.05) is 30.3 Å². The maximum Gasteiger partial charge on any atom is 0.257 e. The summed E-state index contributed by atoms with van der Waals surface area (Å²) in [6.07, 6.45) is 0. The van der Waals surface area contributed by atoms with Crippen LogP contribution in [-0.4, -0.2) is 62.0 Å². The monoisotopic (exact) mass is 455 g/mol. The largest absolute Gasteiger partial charge is 0.497 e. The van der Waals surface area contributed by atoms with Crippen molar-refractivity contribution in [1.29, 1.82) is 5.26 Å². The highest BCUT2D eigenvalue weighted by atomic mass is 16.5. The fraction of sp³-hybridized carbons (Fsp3) is 0.222. The molecule has 1 aliphatic heterocycles. The molecule has 0 aliphatic carbocycles. The molecule has 0 spiro atoms. The van der Waals surface area contributed by atoms with Gasteiger partial charge in [0.2, 0.25) is 0 Å². The van der Waals surface area contributed by atoms with Crippen LogP contribution in [-0.2, 0) is 0 Å². The minimum atomic E-state index is -0.144.